The highest BCUT2D eigenvalue weighted by atomic mass is 79.9. The molecule has 15 heavy (non-hydrogen) atoms. The maximum atomic E-state index is 11.5. The lowest BCUT2D eigenvalue weighted by molar-refractivity contribution is 0.0599. The van der Waals surface area contributed by atoms with E-state index < -0.39 is 0 Å². The molecule has 0 N–H and O–H groups in total. The van der Waals surface area contributed by atoms with Crippen LogP contribution in [0, 0.1) is 0 Å². The number of carbonyl (C=O) groups is 1. The van der Waals surface area contributed by atoms with E-state index in [1.165, 1.54) is 20.0 Å². The lowest BCUT2D eigenvalue weighted by atomic mass is 10.1. The summed E-state index contributed by atoms with van der Waals surface area (Å²) in [5.74, 6) is 0.270. The van der Waals surface area contributed by atoms with Crippen molar-refractivity contribution in [2.24, 2.45) is 0 Å². The first-order valence-electron chi connectivity index (χ1n) is 4.89. The van der Waals surface area contributed by atoms with E-state index in [1.54, 1.807) is 6.20 Å². The van der Waals surface area contributed by atoms with Crippen LogP contribution in [0.2, 0.25) is 0 Å². The molecule has 0 saturated heterocycles. The number of hydrogen-bond donors (Lipinski definition) is 0. The third-order valence-electron chi connectivity index (χ3n) is 2.55. The number of carbonyl (C=O) groups excluding carboxylic acids is 1. The summed E-state index contributed by atoms with van der Waals surface area (Å²) in [6.45, 7) is 0. The Morgan fingerprint density at radius 3 is 2.93 bits per heavy atom. The average molecular weight is 270 g/mol. The minimum atomic E-state index is -0.284. The van der Waals surface area contributed by atoms with Crippen molar-refractivity contribution in [3.05, 3.63) is 29.1 Å². The lowest BCUT2D eigenvalue weighted by Gasteiger charge is -2.06. The Bertz CT molecular complexity index is 388. The fourth-order valence-electron chi connectivity index (χ4n) is 1.51. The molecule has 0 atom stereocenters. The Kier molecular flexibility index (Phi) is 3.05. The zero-order valence-corrected chi connectivity index (χ0v) is 10.1. The van der Waals surface area contributed by atoms with Gasteiger partial charge in [0.1, 0.15) is 0 Å². The largest absolute Gasteiger partial charge is 0.465 e. The van der Waals surface area contributed by atoms with E-state index in [1.807, 2.05) is 6.07 Å². The Morgan fingerprint density at radius 1 is 1.67 bits per heavy atom. The second kappa shape index (κ2) is 4.31. The second-order valence-corrected chi connectivity index (χ2v) is 4.23. The zero-order chi connectivity index (χ0) is 10.8. The van der Waals surface area contributed by atoms with Crippen LogP contribution < -0.4 is 0 Å². The number of halogens is 1. The summed E-state index contributed by atoms with van der Waals surface area (Å²) in [7, 11) is 1.40. The smallest absolute Gasteiger partial charge is 0.338 e. The third-order valence-corrected chi connectivity index (χ3v) is 3.16. The number of methoxy groups -OCH3 is 1. The molecule has 1 aliphatic rings. The molecule has 1 fully saturated rings. The first-order chi connectivity index (χ1) is 7.26. The molecular weight excluding hydrogens is 258 g/mol. The quantitative estimate of drug-likeness (QED) is 0.626. The van der Waals surface area contributed by atoms with Crippen molar-refractivity contribution in [2.75, 3.05) is 7.11 Å². The Balaban J connectivity index is 2.37. The molecule has 0 radical (unpaired) electrons. The maximum absolute atomic E-state index is 11.5. The van der Waals surface area contributed by atoms with Crippen molar-refractivity contribution < 1.29 is 9.53 Å². The standard InChI is InChI=1S/C11H12BrNO2/c1-15-11(14)9-4-10(7-2-3-7)13-6-8(9)5-12/h4,6-7H,2-3,5H2,1H3. The molecule has 0 bridgehead atoms. The summed E-state index contributed by atoms with van der Waals surface area (Å²) < 4.78 is 4.75. The van der Waals surface area contributed by atoms with Gasteiger partial charge in [0.25, 0.3) is 0 Å². The number of ether oxygens (including phenoxy) is 1. The Hall–Kier alpha value is -0.900. The van der Waals surface area contributed by atoms with Gasteiger partial charge in [0, 0.05) is 23.1 Å². The van der Waals surface area contributed by atoms with Crippen molar-refractivity contribution >= 4 is 21.9 Å². The predicted octanol–water partition coefficient (Wildman–Crippen LogP) is 2.64. The van der Waals surface area contributed by atoms with Gasteiger partial charge in [0.15, 0.2) is 0 Å². The van der Waals surface area contributed by atoms with Crippen LogP contribution in [0.4, 0.5) is 0 Å². The van der Waals surface area contributed by atoms with E-state index in [0.29, 0.717) is 16.8 Å². The van der Waals surface area contributed by atoms with Gasteiger partial charge in [-0.25, -0.2) is 4.79 Å². The van der Waals surface area contributed by atoms with Gasteiger partial charge in [0.05, 0.1) is 12.7 Å². The topological polar surface area (TPSA) is 39.2 Å². The molecule has 1 heterocycles. The number of rotatable bonds is 3. The molecule has 1 aromatic rings. The number of aromatic nitrogens is 1. The van der Waals surface area contributed by atoms with Crippen LogP contribution in [0.3, 0.4) is 0 Å². The molecule has 0 unspecified atom stereocenters. The highest BCUT2D eigenvalue weighted by molar-refractivity contribution is 9.08. The van der Waals surface area contributed by atoms with Crippen LogP contribution >= 0.6 is 15.9 Å². The molecule has 1 aliphatic carbocycles. The van der Waals surface area contributed by atoms with E-state index in [0.717, 1.165) is 11.3 Å². The van der Waals surface area contributed by atoms with Crippen molar-refractivity contribution in [2.45, 2.75) is 24.1 Å². The van der Waals surface area contributed by atoms with Crippen LogP contribution in [0.25, 0.3) is 0 Å². The molecule has 0 spiro atoms. The van der Waals surface area contributed by atoms with Gasteiger partial charge in [-0.05, 0) is 24.5 Å². The molecule has 1 aromatic heterocycles. The molecular formula is C11H12BrNO2. The van der Waals surface area contributed by atoms with Gasteiger partial charge in [-0.3, -0.25) is 4.98 Å². The van der Waals surface area contributed by atoms with E-state index >= 15 is 0 Å². The van der Waals surface area contributed by atoms with Gasteiger partial charge in [-0.1, -0.05) is 15.9 Å². The van der Waals surface area contributed by atoms with Gasteiger partial charge in [-0.15, -0.1) is 0 Å². The van der Waals surface area contributed by atoms with E-state index in [4.69, 9.17) is 4.74 Å². The van der Waals surface area contributed by atoms with Gasteiger partial charge in [0.2, 0.25) is 0 Å². The molecule has 3 nitrogen and oxygen atoms in total. The molecule has 0 amide bonds. The summed E-state index contributed by atoms with van der Waals surface area (Å²) in [6.07, 6.45) is 4.12. The van der Waals surface area contributed by atoms with Crippen molar-refractivity contribution in [1.82, 2.24) is 4.98 Å². The first kappa shape index (κ1) is 10.6. The van der Waals surface area contributed by atoms with E-state index in [2.05, 4.69) is 20.9 Å². The highest BCUT2D eigenvalue weighted by Crippen LogP contribution is 2.39. The molecule has 1 saturated carbocycles. The molecule has 2 rings (SSSR count). The van der Waals surface area contributed by atoms with Crippen LogP contribution in [0.15, 0.2) is 12.3 Å². The summed E-state index contributed by atoms with van der Waals surface area (Å²) >= 11 is 3.34. The van der Waals surface area contributed by atoms with E-state index in [9.17, 15) is 4.79 Å². The molecule has 0 aliphatic heterocycles. The summed E-state index contributed by atoms with van der Waals surface area (Å²) in [5.41, 5.74) is 2.53. The third kappa shape index (κ3) is 2.20. The SMILES string of the molecule is COC(=O)c1cc(C2CC2)ncc1CBr. The summed E-state index contributed by atoms with van der Waals surface area (Å²) in [6, 6.07) is 1.86. The van der Waals surface area contributed by atoms with Crippen LogP contribution in [0.5, 0.6) is 0 Å². The predicted molar refractivity (Wildman–Crippen MR) is 60.2 cm³/mol. The molecule has 80 valence electrons. The van der Waals surface area contributed by atoms with Gasteiger partial charge >= 0.3 is 5.97 Å². The van der Waals surface area contributed by atoms with Crippen molar-refractivity contribution in [1.29, 1.82) is 0 Å². The van der Waals surface area contributed by atoms with Gasteiger partial charge < -0.3 is 4.74 Å². The van der Waals surface area contributed by atoms with Crippen molar-refractivity contribution in [3.8, 4) is 0 Å². The number of alkyl halides is 1. The fraction of sp³-hybridized carbons (Fsp3) is 0.455. The summed E-state index contributed by atoms with van der Waals surface area (Å²) in [4.78, 5) is 15.9. The fourth-order valence-corrected chi connectivity index (χ4v) is 1.96. The highest BCUT2D eigenvalue weighted by Gasteiger charge is 2.26. The zero-order valence-electron chi connectivity index (χ0n) is 8.50. The number of pyridine rings is 1. The second-order valence-electron chi connectivity index (χ2n) is 3.67. The minimum absolute atomic E-state index is 0.284. The van der Waals surface area contributed by atoms with E-state index in [-0.39, 0.29) is 5.97 Å². The van der Waals surface area contributed by atoms with Crippen LogP contribution in [-0.4, -0.2) is 18.1 Å². The van der Waals surface area contributed by atoms with Crippen molar-refractivity contribution in [3.63, 3.8) is 0 Å². The average Bonchev–Trinajstić information content (AvgIpc) is 3.11. The number of hydrogen-bond acceptors (Lipinski definition) is 3. The van der Waals surface area contributed by atoms with Crippen LogP contribution in [0.1, 0.15) is 40.4 Å². The lowest BCUT2D eigenvalue weighted by Crippen LogP contribution is -2.06. The molecule has 4 heteroatoms. The van der Waals surface area contributed by atoms with Crippen LogP contribution in [-0.2, 0) is 10.1 Å². The summed E-state index contributed by atoms with van der Waals surface area (Å²) in [5, 5.41) is 0.620. The minimum Gasteiger partial charge on any atom is -0.465 e. The normalized spacial score (nSPS) is 15.1. The Morgan fingerprint density at radius 2 is 2.40 bits per heavy atom. The monoisotopic (exact) mass is 269 g/mol. The molecule has 0 aromatic carbocycles. The first-order valence-corrected chi connectivity index (χ1v) is 6.01. The number of esters is 1. The number of nitrogens with zero attached hydrogens (tertiary/aromatic N) is 1. The Labute approximate surface area is 97.0 Å². The maximum Gasteiger partial charge on any atom is 0.338 e. The van der Waals surface area contributed by atoms with Gasteiger partial charge in [-0.2, -0.15) is 0 Å².